The van der Waals surface area contributed by atoms with Gasteiger partial charge in [0.15, 0.2) is 0 Å². The van der Waals surface area contributed by atoms with Gasteiger partial charge in [-0.2, -0.15) is 0 Å². The minimum Gasteiger partial charge on any atom is -0.391 e. The predicted octanol–water partition coefficient (Wildman–Crippen LogP) is 14.8. The number of aliphatic hydroxyl groups excluding tert-OH is 1. The number of hydrogen-bond donors (Lipinski definition) is 3. The van der Waals surface area contributed by atoms with E-state index in [2.05, 4.69) is 92.1 Å². The second-order valence-corrected chi connectivity index (χ2v) is 19.6. The molecule has 0 aromatic carbocycles. The van der Waals surface area contributed by atoms with Gasteiger partial charge in [-0.3, -0.25) is 13.8 Å². The number of nitrogens with zero attached hydrogens (tertiary/aromatic N) is 1. The zero-order valence-electron chi connectivity index (χ0n) is 40.8. The summed E-state index contributed by atoms with van der Waals surface area (Å²) in [6, 6.07) is -0.768. The Morgan fingerprint density at radius 1 is 0.565 bits per heavy atom. The first-order chi connectivity index (χ1) is 30.0. The van der Waals surface area contributed by atoms with Gasteiger partial charge in [-0.05, 0) is 64.2 Å². The number of carbonyl (C=O) groups is 1. The number of hydrogen-bond acceptors (Lipinski definition) is 5. The fourth-order valence-electron chi connectivity index (χ4n) is 6.99. The van der Waals surface area contributed by atoms with Crippen LogP contribution in [0.5, 0.6) is 0 Å². The van der Waals surface area contributed by atoms with Crippen LogP contribution in [0.3, 0.4) is 0 Å². The first-order valence-corrected chi connectivity index (χ1v) is 26.8. The van der Waals surface area contributed by atoms with E-state index in [0.717, 1.165) is 83.5 Å². The van der Waals surface area contributed by atoms with Crippen LogP contribution in [0.15, 0.2) is 72.9 Å². The van der Waals surface area contributed by atoms with Crippen LogP contribution in [-0.2, 0) is 18.4 Å². The molecule has 360 valence electrons. The van der Waals surface area contributed by atoms with Crippen molar-refractivity contribution in [3.8, 4) is 0 Å². The Balaban J connectivity index is 4.24. The van der Waals surface area contributed by atoms with Crippen molar-refractivity contribution in [2.24, 2.45) is 0 Å². The fraction of sp³-hybridized carbons (Fsp3) is 0.755. The molecule has 0 aliphatic heterocycles. The lowest BCUT2D eigenvalue weighted by Gasteiger charge is -2.26. The molecule has 0 radical (unpaired) electrons. The van der Waals surface area contributed by atoms with E-state index in [1.54, 1.807) is 0 Å². The quantitative estimate of drug-likeness (QED) is 0.0243. The van der Waals surface area contributed by atoms with Crippen molar-refractivity contribution in [2.45, 2.75) is 219 Å². The Labute approximate surface area is 383 Å². The fourth-order valence-corrected chi connectivity index (χ4v) is 7.73. The minimum atomic E-state index is -4.32. The lowest BCUT2D eigenvalue weighted by molar-refractivity contribution is -0.870. The van der Waals surface area contributed by atoms with Crippen molar-refractivity contribution in [2.75, 3.05) is 40.9 Å². The second-order valence-electron chi connectivity index (χ2n) is 18.2. The Morgan fingerprint density at radius 3 is 1.42 bits per heavy atom. The van der Waals surface area contributed by atoms with Gasteiger partial charge in [-0.15, -0.1) is 0 Å². The molecule has 3 unspecified atom stereocenters. The van der Waals surface area contributed by atoms with Crippen LogP contribution >= 0.6 is 7.82 Å². The molecular weight excluding hydrogens is 792 g/mol. The number of aliphatic hydroxyl groups is 1. The Hall–Kier alpha value is -2.06. The number of quaternary nitrogens is 1. The van der Waals surface area contributed by atoms with E-state index in [9.17, 15) is 19.4 Å². The summed E-state index contributed by atoms with van der Waals surface area (Å²) in [6.07, 6.45) is 59.3. The largest absolute Gasteiger partial charge is 0.472 e. The number of allylic oxidation sites excluding steroid dienone is 12. The highest BCUT2D eigenvalue weighted by Crippen LogP contribution is 2.43. The van der Waals surface area contributed by atoms with Crippen LogP contribution in [0, 0.1) is 0 Å². The number of likely N-dealkylation sites (N-methyl/N-ethyl adjacent to an activating group) is 1. The molecule has 0 spiro atoms. The van der Waals surface area contributed by atoms with Crippen LogP contribution in [0.4, 0.5) is 0 Å². The summed E-state index contributed by atoms with van der Waals surface area (Å²) in [5, 5.41) is 14.0. The third kappa shape index (κ3) is 45.9. The monoisotopic (exact) mass is 890 g/mol. The lowest BCUT2D eigenvalue weighted by Crippen LogP contribution is -2.46. The van der Waals surface area contributed by atoms with Crippen molar-refractivity contribution >= 4 is 13.7 Å². The van der Waals surface area contributed by atoms with Gasteiger partial charge in [0.2, 0.25) is 5.91 Å². The predicted molar refractivity (Wildman–Crippen MR) is 267 cm³/mol. The molecule has 0 saturated carbocycles. The van der Waals surface area contributed by atoms with Crippen molar-refractivity contribution in [3.05, 3.63) is 72.9 Å². The van der Waals surface area contributed by atoms with Crippen molar-refractivity contribution in [3.63, 3.8) is 0 Å². The Kier molecular flexibility index (Phi) is 42.7. The minimum absolute atomic E-state index is 0.0696. The first kappa shape index (κ1) is 59.9. The maximum Gasteiger partial charge on any atom is 0.472 e. The summed E-state index contributed by atoms with van der Waals surface area (Å²) in [6.45, 7) is 4.76. The van der Waals surface area contributed by atoms with Gasteiger partial charge in [0.1, 0.15) is 13.2 Å². The number of amides is 1. The van der Waals surface area contributed by atoms with Crippen molar-refractivity contribution in [1.29, 1.82) is 0 Å². The van der Waals surface area contributed by atoms with Crippen LogP contribution in [0.2, 0.25) is 0 Å². The molecule has 0 rings (SSSR count). The smallest absolute Gasteiger partial charge is 0.391 e. The second kappa shape index (κ2) is 44.2. The van der Waals surface area contributed by atoms with Gasteiger partial charge in [0.05, 0.1) is 39.9 Å². The number of rotatable bonds is 45. The van der Waals surface area contributed by atoms with E-state index in [4.69, 9.17) is 9.05 Å². The number of nitrogens with one attached hydrogen (secondary N) is 1. The van der Waals surface area contributed by atoms with Gasteiger partial charge >= 0.3 is 7.82 Å². The number of phosphoric acid groups is 1. The van der Waals surface area contributed by atoms with E-state index in [1.165, 1.54) is 96.3 Å². The van der Waals surface area contributed by atoms with Crippen molar-refractivity contribution < 1.29 is 32.9 Å². The third-order valence-electron chi connectivity index (χ3n) is 11.0. The molecular formula is C53H98N2O6P+. The molecule has 0 aromatic rings. The molecule has 0 aliphatic rings. The molecule has 3 N–H and O–H groups in total. The average Bonchev–Trinajstić information content (AvgIpc) is 3.23. The number of unbranched alkanes of at least 4 members (excludes halogenated alkanes) is 20. The summed E-state index contributed by atoms with van der Waals surface area (Å²) in [5.74, 6) is -0.156. The number of phosphoric ester groups is 1. The molecule has 0 fully saturated rings. The van der Waals surface area contributed by atoms with Crippen LogP contribution in [0.1, 0.15) is 206 Å². The zero-order valence-corrected chi connectivity index (χ0v) is 41.7. The van der Waals surface area contributed by atoms with E-state index >= 15 is 0 Å². The number of carbonyl (C=O) groups excluding carboxylic acids is 1. The topological polar surface area (TPSA) is 105 Å². The Bertz CT molecular complexity index is 1240. The van der Waals surface area contributed by atoms with Crippen LogP contribution in [-0.4, -0.2) is 73.4 Å². The summed E-state index contributed by atoms with van der Waals surface area (Å²) in [7, 11) is 1.60. The molecule has 62 heavy (non-hydrogen) atoms. The van der Waals surface area contributed by atoms with Crippen LogP contribution in [0.25, 0.3) is 0 Å². The summed E-state index contributed by atoms with van der Waals surface area (Å²) >= 11 is 0. The van der Waals surface area contributed by atoms with E-state index in [0.29, 0.717) is 23.9 Å². The molecule has 8 nitrogen and oxygen atoms in total. The van der Waals surface area contributed by atoms with E-state index in [1.807, 2.05) is 21.1 Å². The van der Waals surface area contributed by atoms with Gasteiger partial charge in [0.25, 0.3) is 0 Å². The SMILES string of the molecule is CC/C=C\C/C=C\C/C=C\C/C=C\C/C=C\C/C=C\CCCCCCCCCCC(=O)NC(COP(=O)(O)OCC[N+](C)(C)C)C(O)CCCCCCCCCCCCCCC. The maximum atomic E-state index is 12.9. The normalized spacial score (nSPS) is 14.8. The molecule has 0 aliphatic carbocycles. The van der Waals surface area contributed by atoms with Gasteiger partial charge in [-0.1, -0.05) is 209 Å². The summed E-state index contributed by atoms with van der Waals surface area (Å²) in [4.78, 5) is 23.2. The maximum absolute atomic E-state index is 12.9. The Morgan fingerprint density at radius 2 is 0.968 bits per heavy atom. The molecule has 0 bridgehead atoms. The standard InChI is InChI=1S/C53H97N2O6P/c1-6-8-10-12-14-16-18-20-21-22-23-24-25-26-27-28-29-30-31-32-33-35-37-39-41-43-45-47-53(57)54-51(50-61-62(58,59)60-49-48-55(3,4)5)52(56)46-44-42-40-38-36-34-19-17-15-13-11-9-7-2/h8,10,14,16,20-21,23-24,26-27,29-30,51-52,56H,6-7,9,11-13,15,17-19,22,25,28,31-50H2,1-5H3,(H-,54,57,58,59)/p+1/b10-8-,16-14-,21-20-,24-23-,27-26-,30-29-. The summed E-state index contributed by atoms with van der Waals surface area (Å²) in [5.41, 5.74) is 0. The average molecular weight is 890 g/mol. The highest BCUT2D eigenvalue weighted by atomic mass is 31.2. The molecule has 1 amide bonds. The lowest BCUT2D eigenvalue weighted by atomic mass is 10.0. The third-order valence-corrected chi connectivity index (χ3v) is 12.0. The van der Waals surface area contributed by atoms with E-state index in [-0.39, 0.29) is 19.1 Å². The van der Waals surface area contributed by atoms with Gasteiger partial charge in [-0.25, -0.2) is 4.57 Å². The van der Waals surface area contributed by atoms with Crippen molar-refractivity contribution in [1.82, 2.24) is 5.32 Å². The van der Waals surface area contributed by atoms with E-state index < -0.39 is 20.0 Å². The summed E-state index contributed by atoms with van der Waals surface area (Å²) < 4.78 is 23.7. The molecule has 3 atom stereocenters. The highest BCUT2D eigenvalue weighted by molar-refractivity contribution is 7.47. The highest BCUT2D eigenvalue weighted by Gasteiger charge is 2.28. The molecule has 0 heterocycles. The zero-order chi connectivity index (χ0) is 45.7. The van der Waals surface area contributed by atoms with Gasteiger partial charge < -0.3 is 19.8 Å². The first-order valence-electron chi connectivity index (χ1n) is 25.3. The van der Waals surface area contributed by atoms with Gasteiger partial charge in [0, 0.05) is 6.42 Å². The molecule has 0 aromatic heterocycles. The van der Waals surface area contributed by atoms with Crippen LogP contribution < -0.4 is 5.32 Å². The molecule has 9 heteroatoms. The molecule has 0 saturated heterocycles.